The van der Waals surface area contributed by atoms with E-state index in [0.29, 0.717) is 24.3 Å². The number of nitriles is 1. The molecule has 0 aliphatic carbocycles. The van der Waals surface area contributed by atoms with Crippen LogP contribution < -0.4 is 9.64 Å². The topological polar surface area (TPSA) is 79.4 Å². The maximum atomic E-state index is 11.3. The largest absolute Gasteiger partial charge is 0.496 e. The predicted molar refractivity (Wildman–Crippen MR) is 85.6 cm³/mol. The number of fused-ring (bicyclic) bond motifs is 1. The molecule has 6 heteroatoms. The van der Waals surface area contributed by atoms with Gasteiger partial charge in [-0.1, -0.05) is 12.1 Å². The van der Waals surface area contributed by atoms with E-state index in [1.807, 2.05) is 29.2 Å². The van der Waals surface area contributed by atoms with Gasteiger partial charge in [0.2, 0.25) is 0 Å². The van der Waals surface area contributed by atoms with Crippen molar-refractivity contribution in [2.45, 2.75) is 13.0 Å². The van der Waals surface area contributed by atoms with Crippen LogP contribution in [0.5, 0.6) is 5.75 Å². The van der Waals surface area contributed by atoms with Crippen molar-refractivity contribution in [3.8, 4) is 11.8 Å². The third-order valence-corrected chi connectivity index (χ3v) is 4.08. The highest BCUT2D eigenvalue weighted by Gasteiger charge is 2.25. The molecule has 0 aromatic heterocycles. The van der Waals surface area contributed by atoms with Crippen LogP contribution in [0.25, 0.3) is 0 Å². The summed E-state index contributed by atoms with van der Waals surface area (Å²) in [6, 6.07) is 12.4. The monoisotopic (exact) mass is 309 g/mol. The zero-order chi connectivity index (χ0) is 16.4. The summed E-state index contributed by atoms with van der Waals surface area (Å²) in [5.74, 6) is 0.858. The van der Waals surface area contributed by atoms with Crippen LogP contribution in [0, 0.1) is 21.4 Å². The molecule has 0 N–H and O–H groups in total. The summed E-state index contributed by atoms with van der Waals surface area (Å²) >= 11 is 0. The number of nitro benzene ring substituents is 1. The third-order valence-electron chi connectivity index (χ3n) is 4.08. The summed E-state index contributed by atoms with van der Waals surface area (Å²) in [5.41, 5.74) is 3.06. The maximum absolute atomic E-state index is 11.3. The number of methoxy groups -OCH3 is 1. The molecule has 6 nitrogen and oxygen atoms in total. The molecule has 0 saturated carbocycles. The number of ether oxygens (including phenoxy) is 1. The highest BCUT2D eigenvalue weighted by Crippen LogP contribution is 2.35. The lowest BCUT2D eigenvalue weighted by Crippen LogP contribution is -2.31. The first-order valence-corrected chi connectivity index (χ1v) is 7.22. The van der Waals surface area contributed by atoms with Crippen LogP contribution >= 0.6 is 0 Å². The smallest absolute Gasteiger partial charge is 0.293 e. The van der Waals surface area contributed by atoms with E-state index in [-0.39, 0.29) is 5.69 Å². The summed E-state index contributed by atoms with van der Waals surface area (Å²) in [4.78, 5) is 12.9. The molecule has 0 spiro atoms. The van der Waals surface area contributed by atoms with E-state index in [1.165, 1.54) is 6.07 Å². The molecule has 0 amide bonds. The van der Waals surface area contributed by atoms with Crippen molar-refractivity contribution in [1.29, 1.82) is 5.26 Å². The molecule has 0 atom stereocenters. The van der Waals surface area contributed by atoms with Gasteiger partial charge in [-0.15, -0.1) is 0 Å². The van der Waals surface area contributed by atoms with Crippen LogP contribution in [-0.4, -0.2) is 18.6 Å². The highest BCUT2D eigenvalue weighted by atomic mass is 16.6. The Morgan fingerprint density at radius 2 is 2.17 bits per heavy atom. The number of hydrogen-bond donors (Lipinski definition) is 0. The average Bonchev–Trinajstić information content (AvgIpc) is 2.60. The molecule has 3 rings (SSSR count). The Labute approximate surface area is 133 Å². The molecular formula is C17H15N3O3. The number of benzene rings is 2. The molecule has 1 heterocycles. The van der Waals surface area contributed by atoms with Crippen molar-refractivity contribution in [2.75, 3.05) is 18.6 Å². The molecule has 0 radical (unpaired) electrons. The summed E-state index contributed by atoms with van der Waals surface area (Å²) in [6.45, 7) is 1.25. The molecule has 0 bridgehead atoms. The molecule has 0 unspecified atom stereocenters. The van der Waals surface area contributed by atoms with Gasteiger partial charge in [-0.2, -0.15) is 5.26 Å². The van der Waals surface area contributed by atoms with Gasteiger partial charge < -0.3 is 9.64 Å². The van der Waals surface area contributed by atoms with Gasteiger partial charge in [-0.25, -0.2) is 0 Å². The Bertz CT molecular complexity index is 811. The molecule has 0 fully saturated rings. The Morgan fingerprint density at radius 3 is 2.87 bits per heavy atom. The van der Waals surface area contributed by atoms with Crippen molar-refractivity contribution in [3.05, 3.63) is 63.2 Å². The van der Waals surface area contributed by atoms with Crippen LogP contribution in [0.3, 0.4) is 0 Å². The fraction of sp³-hybridized carbons (Fsp3) is 0.235. The minimum absolute atomic E-state index is 0.0320. The Hall–Kier alpha value is -3.07. The number of rotatable bonds is 3. The highest BCUT2D eigenvalue weighted by molar-refractivity contribution is 5.66. The van der Waals surface area contributed by atoms with Gasteiger partial charge in [0.1, 0.15) is 11.4 Å². The van der Waals surface area contributed by atoms with Crippen molar-refractivity contribution in [1.82, 2.24) is 0 Å². The molecule has 2 aromatic carbocycles. The van der Waals surface area contributed by atoms with Crippen molar-refractivity contribution >= 4 is 11.4 Å². The van der Waals surface area contributed by atoms with Gasteiger partial charge >= 0.3 is 0 Å². The fourth-order valence-corrected chi connectivity index (χ4v) is 2.98. The summed E-state index contributed by atoms with van der Waals surface area (Å²) in [5, 5.41) is 20.3. The molecule has 2 aromatic rings. The zero-order valence-electron chi connectivity index (χ0n) is 12.7. The van der Waals surface area contributed by atoms with Crippen molar-refractivity contribution in [3.63, 3.8) is 0 Å². The average molecular weight is 309 g/mol. The Kier molecular flexibility index (Phi) is 3.85. The van der Waals surface area contributed by atoms with Gasteiger partial charge in [-0.05, 0) is 30.2 Å². The molecule has 0 saturated heterocycles. The van der Waals surface area contributed by atoms with E-state index in [9.17, 15) is 10.1 Å². The van der Waals surface area contributed by atoms with Crippen LogP contribution in [-0.2, 0) is 13.0 Å². The lowest BCUT2D eigenvalue weighted by Gasteiger charge is -2.31. The number of anilines is 1. The third kappa shape index (κ3) is 2.69. The Morgan fingerprint density at radius 1 is 1.35 bits per heavy atom. The molecular weight excluding hydrogens is 294 g/mol. The second kappa shape index (κ2) is 5.97. The van der Waals surface area contributed by atoms with Gasteiger partial charge in [0.25, 0.3) is 5.69 Å². The number of nitrogens with zero attached hydrogens (tertiary/aromatic N) is 3. The molecule has 1 aliphatic heterocycles. The summed E-state index contributed by atoms with van der Waals surface area (Å²) in [7, 11) is 1.65. The minimum Gasteiger partial charge on any atom is -0.496 e. The second-order valence-electron chi connectivity index (χ2n) is 5.34. The molecule has 116 valence electrons. The maximum Gasteiger partial charge on any atom is 0.293 e. The molecule has 23 heavy (non-hydrogen) atoms. The summed E-state index contributed by atoms with van der Waals surface area (Å²) in [6.07, 6.45) is 0.760. The zero-order valence-corrected chi connectivity index (χ0v) is 12.7. The Balaban J connectivity index is 1.98. The van der Waals surface area contributed by atoms with Gasteiger partial charge in [-0.3, -0.25) is 10.1 Å². The van der Waals surface area contributed by atoms with E-state index in [1.54, 1.807) is 19.2 Å². The first kappa shape index (κ1) is 14.9. The van der Waals surface area contributed by atoms with Gasteiger partial charge in [0.05, 0.1) is 23.7 Å². The number of nitro groups is 1. The lowest BCUT2D eigenvalue weighted by molar-refractivity contribution is -0.384. The van der Waals surface area contributed by atoms with E-state index < -0.39 is 4.92 Å². The van der Waals surface area contributed by atoms with Crippen LogP contribution in [0.1, 0.15) is 16.7 Å². The van der Waals surface area contributed by atoms with E-state index in [0.717, 1.165) is 23.3 Å². The van der Waals surface area contributed by atoms with E-state index in [4.69, 9.17) is 10.00 Å². The quantitative estimate of drug-likeness (QED) is 0.643. The van der Waals surface area contributed by atoms with Crippen LogP contribution in [0.2, 0.25) is 0 Å². The van der Waals surface area contributed by atoms with Crippen LogP contribution in [0.15, 0.2) is 36.4 Å². The van der Waals surface area contributed by atoms with Gasteiger partial charge in [0, 0.05) is 24.7 Å². The number of hydrogen-bond acceptors (Lipinski definition) is 5. The van der Waals surface area contributed by atoms with E-state index >= 15 is 0 Å². The van der Waals surface area contributed by atoms with Gasteiger partial charge in [0.15, 0.2) is 0 Å². The first-order valence-electron chi connectivity index (χ1n) is 7.22. The first-order chi connectivity index (χ1) is 11.1. The SMILES string of the molecule is COc1cccc2c1CCN(c1ccc(C#N)cc1[N+](=O)[O-])C2. The van der Waals surface area contributed by atoms with Crippen molar-refractivity contribution < 1.29 is 9.66 Å². The molecule has 1 aliphatic rings. The second-order valence-corrected chi connectivity index (χ2v) is 5.34. The summed E-state index contributed by atoms with van der Waals surface area (Å²) < 4.78 is 5.38. The lowest BCUT2D eigenvalue weighted by atomic mass is 9.98. The fourth-order valence-electron chi connectivity index (χ4n) is 2.98. The minimum atomic E-state index is -0.433. The normalized spacial score (nSPS) is 13.1. The standard InChI is InChI=1S/C17H15N3O3/c1-23-17-4-2-3-13-11-19(8-7-14(13)17)15-6-5-12(10-18)9-16(15)20(21)22/h2-6,9H,7-8,11H2,1H3. The van der Waals surface area contributed by atoms with Crippen LogP contribution in [0.4, 0.5) is 11.4 Å². The predicted octanol–water partition coefficient (Wildman–Crippen LogP) is 3.04. The van der Waals surface area contributed by atoms with E-state index in [2.05, 4.69) is 0 Å². The van der Waals surface area contributed by atoms with Crippen molar-refractivity contribution in [2.24, 2.45) is 0 Å².